The molecule has 0 spiro atoms. The molecular weight excluding hydrogens is 348 g/mol. The average Bonchev–Trinajstić information content (AvgIpc) is 3.16. The van der Waals surface area contributed by atoms with Gasteiger partial charge in [-0.15, -0.1) is 0 Å². The minimum absolute atomic E-state index is 0.163. The number of hydrogen-bond donors (Lipinski definition) is 3. The van der Waals surface area contributed by atoms with Gasteiger partial charge >= 0.3 is 11.8 Å². The molecule has 0 bridgehead atoms. The Morgan fingerprint density at radius 1 is 1.07 bits per heavy atom. The first-order chi connectivity index (χ1) is 13.1. The van der Waals surface area contributed by atoms with Crippen LogP contribution in [0.2, 0.25) is 0 Å². The predicted octanol–water partition coefficient (Wildman–Crippen LogP) is 2.16. The summed E-state index contributed by atoms with van der Waals surface area (Å²) in [6, 6.07) is 12.5. The fraction of sp³-hybridized carbons (Fsp3) is 0.300. The van der Waals surface area contributed by atoms with E-state index < -0.39 is 17.9 Å². The first kappa shape index (κ1) is 18.7. The number of carbonyl (C=O) groups excluding carboxylic acids is 2. The second kappa shape index (κ2) is 8.55. The molecule has 3 rings (SSSR count). The Labute approximate surface area is 157 Å². The third kappa shape index (κ3) is 4.77. The molecule has 27 heavy (non-hydrogen) atoms. The number of aliphatic hydroxyl groups is 1. The zero-order valence-corrected chi connectivity index (χ0v) is 15.0. The van der Waals surface area contributed by atoms with Crippen molar-refractivity contribution in [2.24, 2.45) is 0 Å². The molecule has 2 amide bonds. The number of fused-ring (bicyclic) bond motifs is 1. The van der Waals surface area contributed by atoms with E-state index in [1.807, 2.05) is 19.1 Å². The van der Waals surface area contributed by atoms with Gasteiger partial charge in [0, 0.05) is 12.2 Å². The number of anilines is 1. The molecule has 1 atom stereocenters. The van der Waals surface area contributed by atoms with Crippen LogP contribution in [-0.2, 0) is 16.0 Å². The molecule has 1 aliphatic rings. The average molecular weight is 370 g/mol. The second-order valence-electron chi connectivity index (χ2n) is 6.18. The van der Waals surface area contributed by atoms with E-state index >= 15 is 0 Å². The molecule has 7 nitrogen and oxygen atoms in total. The van der Waals surface area contributed by atoms with Crippen molar-refractivity contribution < 1.29 is 24.2 Å². The maximum Gasteiger partial charge on any atom is 0.313 e. The van der Waals surface area contributed by atoms with Gasteiger partial charge in [-0.3, -0.25) is 9.59 Å². The van der Waals surface area contributed by atoms with E-state index in [1.165, 1.54) is 0 Å². The smallest absolute Gasteiger partial charge is 0.313 e. The van der Waals surface area contributed by atoms with Crippen LogP contribution in [0.25, 0.3) is 0 Å². The normalized spacial score (nSPS) is 13.1. The van der Waals surface area contributed by atoms with Gasteiger partial charge in [-0.25, -0.2) is 0 Å². The SMILES string of the molecule is CCc1ccc(NC(=O)C(=O)NCCC(O)c2ccc3c(c2)OCO3)cc1. The molecule has 142 valence electrons. The van der Waals surface area contributed by atoms with Gasteiger partial charge in [-0.05, 0) is 48.2 Å². The van der Waals surface area contributed by atoms with Gasteiger partial charge in [0.2, 0.25) is 6.79 Å². The summed E-state index contributed by atoms with van der Waals surface area (Å²) in [7, 11) is 0. The van der Waals surface area contributed by atoms with Crippen molar-refractivity contribution in [2.75, 3.05) is 18.7 Å². The van der Waals surface area contributed by atoms with Crippen LogP contribution in [0, 0.1) is 0 Å². The van der Waals surface area contributed by atoms with Gasteiger partial charge in [-0.1, -0.05) is 25.1 Å². The summed E-state index contributed by atoms with van der Waals surface area (Å²) in [5.74, 6) is -0.253. The largest absolute Gasteiger partial charge is 0.454 e. The number of benzene rings is 2. The maximum atomic E-state index is 11.9. The zero-order valence-electron chi connectivity index (χ0n) is 15.0. The van der Waals surface area contributed by atoms with Gasteiger partial charge in [0.25, 0.3) is 0 Å². The van der Waals surface area contributed by atoms with Gasteiger partial charge in [0.05, 0.1) is 6.10 Å². The lowest BCUT2D eigenvalue weighted by Gasteiger charge is -2.12. The summed E-state index contributed by atoms with van der Waals surface area (Å²) in [5, 5.41) is 15.3. The number of hydrogen-bond acceptors (Lipinski definition) is 5. The van der Waals surface area contributed by atoms with Crippen LogP contribution >= 0.6 is 0 Å². The van der Waals surface area contributed by atoms with E-state index in [-0.39, 0.29) is 19.8 Å². The molecule has 2 aromatic rings. The standard InChI is InChI=1S/C20H22N2O5/c1-2-13-3-6-15(7-4-13)22-20(25)19(24)21-10-9-16(23)14-5-8-17-18(11-14)27-12-26-17/h3-8,11,16,23H,2,9-10,12H2,1H3,(H,21,24)(H,22,25). The van der Waals surface area contributed by atoms with E-state index in [2.05, 4.69) is 10.6 Å². The van der Waals surface area contributed by atoms with Crippen molar-refractivity contribution in [1.29, 1.82) is 0 Å². The summed E-state index contributed by atoms with van der Waals surface area (Å²) >= 11 is 0. The molecule has 7 heteroatoms. The van der Waals surface area contributed by atoms with Crippen molar-refractivity contribution in [1.82, 2.24) is 5.32 Å². The van der Waals surface area contributed by atoms with Gasteiger partial charge in [0.15, 0.2) is 11.5 Å². The fourth-order valence-electron chi connectivity index (χ4n) is 2.70. The minimum atomic E-state index is -0.788. The lowest BCUT2D eigenvalue weighted by molar-refractivity contribution is -0.136. The van der Waals surface area contributed by atoms with Crippen LogP contribution in [-0.4, -0.2) is 30.3 Å². The number of aliphatic hydroxyl groups excluding tert-OH is 1. The molecule has 1 aliphatic heterocycles. The van der Waals surface area contributed by atoms with Crippen LogP contribution in [0.5, 0.6) is 11.5 Å². The molecular formula is C20H22N2O5. The lowest BCUT2D eigenvalue weighted by Crippen LogP contribution is -2.36. The third-order valence-electron chi connectivity index (χ3n) is 4.31. The van der Waals surface area contributed by atoms with Crippen LogP contribution in [0.3, 0.4) is 0 Å². The Kier molecular flexibility index (Phi) is 5.93. The Balaban J connectivity index is 1.44. The van der Waals surface area contributed by atoms with E-state index in [0.717, 1.165) is 12.0 Å². The Hall–Kier alpha value is -3.06. The summed E-state index contributed by atoms with van der Waals surface area (Å²) in [5.41, 5.74) is 2.37. The Morgan fingerprint density at radius 2 is 1.81 bits per heavy atom. The zero-order chi connectivity index (χ0) is 19.2. The molecule has 0 saturated heterocycles. The molecule has 1 heterocycles. The van der Waals surface area contributed by atoms with Crippen molar-refractivity contribution in [3.05, 3.63) is 53.6 Å². The molecule has 0 saturated carbocycles. The Bertz CT molecular complexity index is 820. The summed E-state index contributed by atoms with van der Waals surface area (Å²) in [6.07, 6.45) is 0.383. The molecule has 0 aliphatic carbocycles. The number of rotatable bonds is 6. The van der Waals surface area contributed by atoms with E-state index in [0.29, 0.717) is 22.7 Å². The molecule has 3 N–H and O–H groups in total. The van der Waals surface area contributed by atoms with E-state index in [9.17, 15) is 14.7 Å². The quantitative estimate of drug-likeness (QED) is 0.677. The minimum Gasteiger partial charge on any atom is -0.454 e. The molecule has 0 aromatic heterocycles. The maximum absolute atomic E-state index is 11.9. The number of amides is 2. The van der Waals surface area contributed by atoms with Gasteiger partial charge in [-0.2, -0.15) is 0 Å². The first-order valence-corrected chi connectivity index (χ1v) is 8.82. The second-order valence-corrected chi connectivity index (χ2v) is 6.18. The van der Waals surface area contributed by atoms with Crippen LogP contribution in [0.1, 0.15) is 30.6 Å². The highest BCUT2D eigenvalue weighted by Crippen LogP contribution is 2.34. The monoisotopic (exact) mass is 370 g/mol. The number of carbonyl (C=O) groups is 2. The lowest BCUT2D eigenvalue weighted by atomic mass is 10.1. The van der Waals surface area contributed by atoms with Gasteiger partial charge < -0.3 is 25.2 Å². The highest BCUT2D eigenvalue weighted by molar-refractivity contribution is 6.39. The topological polar surface area (TPSA) is 96.9 Å². The number of nitrogens with one attached hydrogen (secondary N) is 2. The summed E-state index contributed by atoms with van der Waals surface area (Å²) < 4.78 is 10.5. The summed E-state index contributed by atoms with van der Waals surface area (Å²) in [4.78, 5) is 23.8. The van der Waals surface area contributed by atoms with Crippen molar-refractivity contribution in [3.63, 3.8) is 0 Å². The highest BCUT2D eigenvalue weighted by atomic mass is 16.7. The first-order valence-electron chi connectivity index (χ1n) is 8.82. The van der Waals surface area contributed by atoms with Gasteiger partial charge in [0.1, 0.15) is 0 Å². The predicted molar refractivity (Wildman–Crippen MR) is 99.6 cm³/mol. The number of aryl methyl sites for hydroxylation is 1. The number of ether oxygens (including phenoxy) is 2. The molecule has 0 radical (unpaired) electrons. The van der Waals surface area contributed by atoms with E-state index in [1.54, 1.807) is 30.3 Å². The summed E-state index contributed by atoms with van der Waals surface area (Å²) in [6.45, 7) is 2.37. The highest BCUT2D eigenvalue weighted by Gasteiger charge is 2.18. The van der Waals surface area contributed by atoms with Crippen LogP contribution in [0.4, 0.5) is 5.69 Å². The van der Waals surface area contributed by atoms with Crippen molar-refractivity contribution in [3.8, 4) is 11.5 Å². The van der Waals surface area contributed by atoms with Crippen molar-refractivity contribution in [2.45, 2.75) is 25.9 Å². The fourth-order valence-corrected chi connectivity index (χ4v) is 2.70. The van der Waals surface area contributed by atoms with Crippen molar-refractivity contribution >= 4 is 17.5 Å². The molecule has 2 aromatic carbocycles. The molecule has 0 fully saturated rings. The van der Waals surface area contributed by atoms with E-state index in [4.69, 9.17) is 9.47 Å². The third-order valence-corrected chi connectivity index (χ3v) is 4.31. The molecule has 1 unspecified atom stereocenters. The Morgan fingerprint density at radius 3 is 2.56 bits per heavy atom. The van der Waals surface area contributed by atoms with Crippen LogP contribution in [0.15, 0.2) is 42.5 Å². The van der Waals surface area contributed by atoms with Crippen LogP contribution < -0.4 is 20.1 Å².